The number of hydrogen-bond donors (Lipinski definition) is 0. The van der Waals surface area contributed by atoms with Crippen molar-refractivity contribution in [2.75, 3.05) is 44.2 Å². The quantitative estimate of drug-likeness (QED) is 0.771. The predicted octanol–water partition coefficient (Wildman–Crippen LogP) is 2.08. The molecule has 2 saturated heterocycles. The van der Waals surface area contributed by atoms with Crippen LogP contribution in [0.3, 0.4) is 0 Å². The molecule has 2 aliphatic heterocycles. The first kappa shape index (κ1) is 20.4. The van der Waals surface area contributed by atoms with Crippen molar-refractivity contribution in [3.63, 3.8) is 0 Å². The molecule has 28 heavy (non-hydrogen) atoms. The van der Waals surface area contributed by atoms with E-state index in [2.05, 4.69) is 14.9 Å². The van der Waals surface area contributed by atoms with Gasteiger partial charge in [-0.05, 0) is 40.5 Å². The summed E-state index contributed by atoms with van der Waals surface area (Å²) in [7, 11) is 0. The summed E-state index contributed by atoms with van der Waals surface area (Å²) in [5.41, 5.74) is 0.450. The molecule has 1 aromatic rings. The van der Waals surface area contributed by atoms with Crippen molar-refractivity contribution in [2.24, 2.45) is 5.92 Å². The summed E-state index contributed by atoms with van der Waals surface area (Å²) in [4.78, 5) is 39.4. The number of amides is 2. The maximum atomic E-state index is 12.9. The van der Waals surface area contributed by atoms with Crippen LogP contribution in [-0.4, -0.2) is 76.6 Å². The van der Waals surface area contributed by atoms with Gasteiger partial charge in [-0.1, -0.05) is 0 Å². The molecule has 0 bridgehead atoms. The normalized spacial score (nSPS) is 18.9. The summed E-state index contributed by atoms with van der Waals surface area (Å²) in [5.74, 6) is 1.19. The molecule has 8 nitrogen and oxygen atoms in total. The highest BCUT2D eigenvalue weighted by molar-refractivity contribution is 5.79. The van der Waals surface area contributed by atoms with E-state index in [0.29, 0.717) is 26.2 Å². The van der Waals surface area contributed by atoms with Crippen molar-refractivity contribution in [1.82, 2.24) is 19.8 Å². The van der Waals surface area contributed by atoms with Crippen LogP contribution in [0.25, 0.3) is 0 Å². The summed E-state index contributed by atoms with van der Waals surface area (Å²) < 4.78 is 5.42. The minimum Gasteiger partial charge on any atom is -0.444 e. The summed E-state index contributed by atoms with van der Waals surface area (Å²) >= 11 is 0. The Hall–Kier alpha value is -2.38. The van der Waals surface area contributed by atoms with Crippen molar-refractivity contribution in [3.05, 3.63) is 18.1 Å². The molecule has 3 heterocycles. The highest BCUT2D eigenvalue weighted by atomic mass is 16.6. The van der Waals surface area contributed by atoms with Gasteiger partial charge in [-0.25, -0.2) is 14.8 Å². The second-order valence-corrected chi connectivity index (χ2v) is 8.57. The zero-order valence-corrected chi connectivity index (χ0v) is 17.3. The second kappa shape index (κ2) is 8.32. The molecule has 154 valence electrons. The van der Waals surface area contributed by atoms with Crippen LogP contribution in [0.4, 0.5) is 10.6 Å². The lowest BCUT2D eigenvalue weighted by molar-refractivity contribution is -0.138. The fourth-order valence-corrected chi connectivity index (χ4v) is 3.66. The fourth-order valence-electron chi connectivity index (χ4n) is 3.66. The van der Waals surface area contributed by atoms with Gasteiger partial charge in [0.15, 0.2) is 0 Å². The van der Waals surface area contributed by atoms with E-state index in [9.17, 15) is 9.59 Å². The Morgan fingerprint density at radius 2 is 1.61 bits per heavy atom. The van der Waals surface area contributed by atoms with Gasteiger partial charge < -0.3 is 19.4 Å². The first-order chi connectivity index (χ1) is 13.2. The average molecular weight is 390 g/mol. The molecule has 2 amide bonds. The van der Waals surface area contributed by atoms with Crippen LogP contribution in [0, 0.1) is 12.8 Å². The molecular weight excluding hydrogens is 358 g/mol. The lowest BCUT2D eigenvalue weighted by atomic mass is 9.95. The van der Waals surface area contributed by atoms with E-state index in [1.54, 1.807) is 11.2 Å². The van der Waals surface area contributed by atoms with Gasteiger partial charge in [-0.2, -0.15) is 0 Å². The Bertz CT molecular complexity index is 702. The summed E-state index contributed by atoms with van der Waals surface area (Å²) in [5, 5.41) is 0. The first-order valence-corrected chi connectivity index (χ1v) is 10.0. The Morgan fingerprint density at radius 1 is 1.00 bits per heavy atom. The molecule has 3 rings (SSSR count). The van der Waals surface area contributed by atoms with Gasteiger partial charge >= 0.3 is 6.09 Å². The lowest BCUT2D eigenvalue weighted by Crippen LogP contribution is -2.53. The number of aryl methyl sites for hydroxylation is 1. The number of ether oxygens (including phenoxy) is 1. The van der Waals surface area contributed by atoms with Crippen molar-refractivity contribution in [3.8, 4) is 0 Å². The van der Waals surface area contributed by atoms with Crippen LogP contribution < -0.4 is 4.90 Å². The van der Waals surface area contributed by atoms with Gasteiger partial charge in [0.2, 0.25) is 5.91 Å². The molecule has 0 aliphatic carbocycles. The summed E-state index contributed by atoms with van der Waals surface area (Å²) in [6, 6.07) is 1.98. The van der Waals surface area contributed by atoms with Gasteiger partial charge in [0.25, 0.3) is 0 Å². The molecule has 0 unspecified atom stereocenters. The first-order valence-electron chi connectivity index (χ1n) is 10.0. The zero-order valence-electron chi connectivity index (χ0n) is 17.3. The highest BCUT2D eigenvalue weighted by Gasteiger charge is 2.32. The summed E-state index contributed by atoms with van der Waals surface area (Å²) in [6.07, 6.45) is 2.95. The van der Waals surface area contributed by atoms with Crippen molar-refractivity contribution < 1.29 is 14.3 Å². The molecule has 2 aliphatic rings. The predicted molar refractivity (Wildman–Crippen MR) is 106 cm³/mol. The minimum atomic E-state index is -0.500. The number of carbonyl (C=O) groups excluding carboxylic acids is 2. The molecule has 0 atom stereocenters. The largest absolute Gasteiger partial charge is 0.444 e. The molecule has 0 radical (unpaired) electrons. The van der Waals surface area contributed by atoms with Crippen LogP contribution in [0.2, 0.25) is 0 Å². The van der Waals surface area contributed by atoms with E-state index in [0.717, 1.165) is 37.4 Å². The smallest absolute Gasteiger partial charge is 0.410 e. The number of anilines is 1. The van der Waals surface area contributed by atoms with Crippen LogP contribution in [-0.2, 0) is 9.53 Å². The third kappa shape index (κ3) is 5.11. The number of hydrogen-bond acceptors (Lipinski definition) is 6. The van der Waals surface area contributed by atoms with E-state index < -0.39 is 5.60 Å². The van der Waals surface area contributed by atoms with E-state index in [-0.39, 0.29) is 17.9 Å². The minimum absolute atomic E-state index is 0.0484. The van der Waals surface area contributed by atoms with Gasteiger partial charge in [0, 0.05) is 56.9 Å². The Morgan fingerprint density at radius 3 is 2.18 bits per heavy atom. The molecular formula is C20H31N5O3. The SMILES string of the molecule is Cc1cc(N2CCC(C(=O)N3CCN(C(=O)OC(C)(C)C)CC3)CC2)ncn1. The lowest BCUT2D eigenvalue weighted by Gasteiger charge is -2.39. The monoisotopic (exact) mass is 389 g/mol. The third-order valence-electron chi connectivity index (χ3n) is 5.20. The van der Waals surface area contributed by atoms with Crippen molar-refractivity contribution >= 4 is 17.8 Å². The number of piperazine rings is 1. The molecule has 0 saturated carbocycles. The van der Waals surface area contributed by atoms with Crippen LogP contribution >= 0.6 is 0 Å². The Labute approximate surface area is 166 Å². The number of nitrogens with zero attached hydrogens (tertiary/aromatic N) is 5. The number of carbonyl (C=O) groups is 2. The van der Waals surface area contributed by atoms with E-state index in [4.69, 9.17) is 4.74 Å². The number of rotatable bonds is 2. The topological polar surface area (TPSA) is 78.9 Å². The zero-order chi connectivity index (χ0) is 20.3. The molecule has 8 heteroatoms. The second-order valence-electron chi connectivity index (χ2n) is 8.57. The van der Waals surface area contributed by atoms with E-state index in [1.165, 1.54) is 0 Å². The maximum Gasteiger partial charge on any atom is 0.410 e. The number of aromatic nitrogens is 2. The van der Waals surface area contributed by atoms with Gasteiger partial charge in [0.05, 0.1) is 0 Å². The Kier molecular flexibility index (Phi) is 6.05. The average Bonchev–Trinajstić information content (AvgIpc) is 2.66. The molecule has 0 N–H and O–H groups in total. The van der Waals surface area contributed by atoms with Gasteiger partial charge in [0.1, 0.15) is 17.7 Å². The van der Waals surface area contributed by atoms with E-state index in [1.807, 2.05) is 38.7 Å². The standard InChI is InChI=1S/C20H31N5O3/c1-15-13-17(22-14-21-15)23-7-5-16(6-8-23)18(26)24-9-11-25(12-10-24)19(27)28-20(2,3)4/h13-14,16H,5-12H2,1-4H3. The molecule has 0 spiro atoms. The van der Waals surface area contributed by atoms with Crippen LogP contribution in [0.15, 0.2) is 12.4 Å². The molecule has 1 aromatic heterocycles. The van der Waals surface area contributed by atoms with Crippen LogP contribution in [0.1, 0.15) is 39.3 Å². The van der Waals surface area contributed by atoms with Gasteiger partial charge in [-0.15, -0.1) is 0 Å². The third-order valence-corrected chi connectivity index (χ3v) is 5.20. The van der Waals surface area contributed by atoms with Crippen molar-refractivity contribution in [1.29, 1.82) is 0 Å². The fraction of sp³-hybridized carbons (Fsp3) is 0.700. The van der Waals surface area contributed by atoms with Crippen LogP contribution in [0.5, 0.6) is 0 Å². The summed E-state index contributed by atoms with van der Waals surface area (Å²) in [6.45, 7) is 11.4. The maximum absolute atomic E-state index is 12.9. The molecule has 0 aromatic carbocycles. The van der Waals surface area contributed by atoms with Gasteiger partial charge in [-0.3, -0.25) is 4.79 Å². The molecule has 2 fully saturated rings. The highest BCUT2D eigenvalue weighted by Crippen LogP contribution is 2.24. The van der Waals surface area contributed by atoms with Crippen molar-refractivity contribution in [2.45, 2.75) is 46.1 Å². The number of piperidine rings is 1. The van der Waals surface area contributed by atoms with E-state index >= 15 is 0 Å². The Balaban J connectivity index is 1.47.